The number of halogens is 1. The molecule has 168 valence electrons. The third kappa shape index (κ3) is 5.60. The number of rotatable bonds is 7. The first-order valence-corrected chi connectivity index (χ1v) is 10.9. The Morgan fingerprint density at radius 2 is 2.06 bits per heavy atom. The van der Waals surface area contributed by atoms with Gasteiger partial charge in [0.2, 0.25) is 0 Å². The van der Waals surface area contributed by atoms with Crippen LogP contribution in [0.5, 0.6) is 0 Å². The Kier molecular flexibility index (Phi) is 7.75. The van der Waals surface area contributed by atoms with Gasteiger partial charge in [-0.2, -0.15) is 0 Å². The fourth-order valence-corrected chi connectivity index (χ4v) is 3.59. The summed E-state index contributed by atoms with van der Waals surface area (Å²) in [4.78, 5) is 21.9. The number of pyridine rings is 1. The number of fused-ring (bicyclic) bond motifs is 1. The van der Waals surface area contributed by atoms with Crippen LogP contribution in [0, 0.1) is 18.8 Å². The van der Waals surface area contributed by atoms with E-state index in [1.54, 1.807) is 18.3 Å². The number of H-pyrrole nitrogens is 1. The highest BCUT2D eigenvalue weighted by Crippen LogP contribution is 2.25. The second-order valence-electron chi connectivity index (χ2n) is 7.57. The first-order valence-electron chi connectivity index (χ1n) is 10.6. The van der Waals surface area contributed by atoms with Crippen LogP contribution in [0.3, 0.4) is 0 Å². The monoisotopic (exact) mass is 453 g/mol. The summed E-state index contributed by atoms with van der Waals surface area (Å²) in [6, 6.07) is 7.16. The summed E-state index contributed by atoms with van der Waals surface area (Å²) in [6.45, 7) is 8.30. The summed E-state index contributed by atoms with van der Waals surface area (Å²) in [5.74, 6) is 6.19. The highest BCUT2D eigenvalue weighted by Gasteiger charge is 2.14. The highest BCUT2D eigenvalue weighted by molar-refractivity contribution is 6.31. The summed E-state index contributed by atoms with van der Waals surface area (Å²) in [5, 5.41) is 15.2. The quantitative estimate of drug-likeness (QED) is 0.411. The minimum atomic E-state index is -0.636. The Morgan fingerprint density at radius 3 is 2.78 bits per heavy atom. The first-order chi connectivity index (χ1) is 15.3. The summed E-state index contributed by atoms with van der Waals surface area (Å²) >= 11 is 6.14. The Balaban J connectivity index is 1.76. The molecule has 0 bridgehead atoms. The highest BCUT2D eigenvalue weighted by atomic mass is 35.5. The zero-order valence-corrected chi connectivity index (χ0v) is 19.3. The van der Waals surface area contributed by atoms with Crippen LogP contribution in [0.1, 0.15) is 41.2 Å². The van der Waals surface area contributed by atoms with Crippen molar-refractivity contribution in [1.29, 1.82) is 0 Å². The molecule has 7 nitrogen and oxygen atoms in total. The predicted molar refractivity (Wildman–Crippen MR) is 129 cm³/mol. The number of nitrogens with zero attached hydrogens (tertiary/aromatic N) is 2. The van der Waals surface area contributed by atoms with E-state index in [1.165, 1.54) is 0 Å². The largest absolute Gasteiger partial charge is 0.390 e. The van der Waals surface area contributed by atoms with Crippen molar-refractivity contribution in [1.82, 2.24) is 20.2 Å². The molecule has 5 N–H and O–H groups in total. The average Bonchev–Trinajstić information content (AvgIpc) is 3.15. The van der Waals surface area contributed by atoms with E-state index in [-0.39, 0.29) is 12.5 Å². The molecule has 0 saturated carbocycles. The van der Waals surface area contributed by atoms with Crippen molar-refractivity contribution in [3.05, 3.63) is 58.0 Å². The van der Waals surface area contributed by atoms with Crippen LogP contribution in [-0.2, 0) is 0 Å². The average molecular weight is 454 g/mol. The molecule has 3 aromatic rings. The maximum atomic E-state index is 12.5. The number of amides is 1. The second-order valence-corrected chi connectivity index (χ2v) is 8.01. The van der Waals surface area contributed by atoms with Crippen molar-refractivity contribution in [2.75, 3.05) is 31.9 Å². The van der Waals surface area contributed by atoms with Gasteiger partial charge in [0.15, 0.2) is 0 Å². The normalized spacial score (nSPS) is 11.9. The molecule has 0 spiro atoms. The molecular weight excluding hydrogens is 426 g/mol. The van der Waals surface area contributed by atoms with Crippen LogP contribution in [0.2, 0.25) is 5.02 Å². The lowest BCUT2D eigenvalue weighted by Gasteiger charge is -2.21. The number of nitrogens with two attached hydrogens (primary N) is 1. The number of hydrogen-bond donors (Lipinski definition) is 4. The van der Waals surface area contributed by atoms with Gasteiger partial charge in [-0.25, -0.2) is 4.98 Å². The van der Waals surface area contributed by atoms with E-state index >= 15 is 0 Å². The molecule has 0 fully saturated rings. The van der Waals surface area contributed by atoms with Crippen molar-refractivity contribution in [2.45, 2.75) is 26.9 Å². The molecule has 0 saturated heterocycles. The molecule has 8 heteroatoms. The number of likely N-dealkylation sites (N-methyl/N-ethyl adjacent to an activating group) is 1. The van der Waals surface area contributed by atoms with E-state index in [4.69, 9.17) is 17.3 Å². The van der Waals surface area contributed by atoms with Crippen LogP contribution in [-0.4, -0.2) is 58.2 Å². The van der Waals surface area contributed by atoms with Gasteiger partial charge in [-0.1, -0.05) is 43.4 Å². The molecule has 1 amide bonds. The van der Waals surface area contributed by atoms with E-state index in [2.05, 4.69) is 32.0 Å². The molecule has 0 aliphatic rings. The zero-order chi connectivity index (χ0) is 23.3. The van der Waals surface area contributed by atoms with E-state index in [0.29, 0.717) is 34.2 Å². The Morgan fingerprint density at radius 1 is 1.31 bits per heavy atom. The number of aromatic nitrogens is 2. The number of carbonyl (C=O) groups excluding carboxylic acids is 1. The lowest BCUT2D eigenvalue weighted by molar-refractivity contribution is 0.0865. The molecule has 1 atom stereocenters. The molecular formula is C24H28ClN5O2. The fourth-order valence-electron chi connectivity index (χ4n) is 3.42. The molecule has 1 unspecified atom stereocenters. The Labute approximate surface area is 193 Å². The number of aryl methyl sites for hydroxylation is 1. The Hall–Kier alpha value is -3.05. The predicted octanol–water partition coefficient (Wildman–Crippen LogP) is 2.94. The van der Waals surface area contributed by atoms with E-state index in [1.807, 2.05) is 32.9 Å². The molecule has 2 heterocycles. The van der Waals surface area contributed by atoms with Crippen LogP contribution in [0.25, 0.3) is 10.8 Å². The van der Waals surface area contributed by atoms with Crippen LogP contribution >= 0.6 is 11.6 Å². The van der Waals surface area contributed by atoms with Gasteiger partial charge in [0.05, 0.1) is 11.7 Å². The minimum Gasteiger partial charge on any atom is -0.390 e. The maximum Gasteiger partial charge on any atom is 0.267 e. The molecule has 1 aromatic carbocycles. The zero-order valence-electron chi connectivity index (χ0n) is 18.5. The number of nitrogens with one attached hydrogen (secondary N) is 2. The van der Waals surface area contributed by atoms with Gasteiger partial charge >= 0.3 is 0 Å². The molecule has 32 heavy (non-hydrogen) atoms. The molecule has 0 aliphatic carbocycles. The number of carbonyl (C=O) groups is 1. The lowest BCUT2D eigenvalue weighted by Crippen LogP contribution is -2.40. The summed E-state index contributed by atoms with van der Waals surface area (Å²) in [5.41, 5.74) is 8.47. The topological polar surface area (TPSA) is 107 Å². The van der Waals surface area contributed by atoms with Gasteiger partial charge in [-0.15, -0.1) is 0 Å². The second kappa shape index (κ2) is 10.5. The number of aliphatic hydroxyl groups is 1. The SMILES string of the molecule is CCN(CC)CC(O)CNC(=O)c1cc(C#Cc2c(N)ncc3ccc(Cl)cc23)c(C)[nH]1. The van der Waals surface area contributed by atoms with Gasteiger partial charge in [0.25, 0.3) is 5.91 Å². The molecule has 3 rings (SSSR count). The fraction of sp³-hybridized carbons (Fsp3) is 0.333. The van der Waals surface area contributed by atoms with Crippen molar-refractivity contribution < 1.29 is 9.90 Å². The molecule has 0 radical (unpaired) electrons. The Bertz CT molecular complexity index is 1170. The third-order valence-electron chi connectivity index (χ3n) is 5.33. The first kappa shape index (κ1) is 23.6. The van der Waals surface area contributed by atoms with Gasteiger partial charge < -0.3 is 26.0 Å². The third-order valence-corrected chi connectivity index (χ3v) is 5.56. The standard InChI is InChI=1S/C24H28ClN5O2/c1-4-30(5-2)14-19(31)13-28-24(32)22-10-16(15(3)29-22)7-9-20-21-11-18(25)8-6-17(21)12-27-23(20)26/h6,8,10-12,19,29,31H,4-5,13-14H2,1-3H3,(H2,26,27)(H,28,32). The number of aromatic amines is 1. The smallest absolute Gasteiger partial charge is 0.267 e. The van der Waals surface area contributed by atoms with Crippen molar-refractivity contribution in [2.24, 2.45) is 0 Å². The number of nitrogen functional groups attached to an aromatic ring is 1. The lowest BCUT2D eigenvalue weighted by atomic mass is 10.1. The molecule has 2 aromatic heterocycles. The van der Waals surface area contributed by atoms with Gasteiger partial charge in [-0.05, 0) is 38.2 Å². The van der Waals surface area contributed by atoms with Gasteiger partial charge in [0.1, 0.15) is 11.5 Å². The number of benzene rings is 1. The van der Waals surface area contributed by atoms with Crippen molar-refractivity contribution in [3.63, 3.8) is 0 Å². The summed E-state index contributed by atoms with van der Waals surface area (Å²) in [7, 11) is 0. The minimum absolute atomic E-state index is 0.174. The number of aliphatic hydroxyl groups excluding tert-OH is 1. The summed E-state index contributed by atoms with van der Waals surface area (Å²) < 4.78 is 0. The van der Waals surface area contributed by atoms with Gasteiger partial charge in [-0.3, -0.25) is 4.79 Å². The van der Waals surface area contributed by atoms with Crippen molar-refractivity contribution >= 4 is 34.1 Å². The summed E-state index contributed by atoms with van der Waals surface area (Å²) in [6.07, 6.45) is 1.05. The maximum absolute atomic E-state index is 12.5. The molecule has 0 aliphatic heterocycles. The van der Waals surface area contributed by atoms with Crippen LogP contribution in [0.15, 0.2) is 30.5 Å². The number of hydrogen-bond acceptors (Lipinski definition) is 5. The van der Waals surface area contributed by atoms with Crippen LogP contribution in [0.4, 0.5) is 5.82 Å². The van der Waals surface area contributed by atoms with E-state index in [0.717, 1.165) is 29.6 Å². The van der Waals surface area contributed by atoms with Crippen LogP contribution < -0.4 is 11.1 Å². The van der Waals surface area contributed by atoms with E-state index in [9.17, 15) is 9.90 Å². The van der Waals surface area contributed by atoms with Gasteiger partial charge in [0, 0.05) is 46.3 Å². The van der Waals surface area contributed by atoms with Crippen molar-refractivity contribution in [3.8, 4) is 11.8 Å². The van der Waals surface area contributed by atoms with E-state index < -0.39 is 6.10 Å². The number of anilines is 1.